The van der Waals surface area contributed by atoms with Crippen LogP contribution in [0.2, 0.25) is 0 Å². The molecule has 0 saturated carbocycles. The van der Waals surface area contributed by atoms with Crippen LogP contribution >= 0.6 is 15.9 Å². The minimum atomic E-state index is -0.238. The number of benzene rings is 4. The largest absolute Gasteiger partial charge is 0.497 e. The number of anilines is 1. The fourth-order valence-corrected chi connectivity index (χ4v) is 4.96. The summed E-state index contributed by atoms with van der Waals surface area (Å²) in [5.41, 5.74) is 2.89. The van der Waals surface area contributed by atoms with Crippen molar-refractivity contribution in [3.05, 3.63) is 70.7 Å². The predicted molar refractivity (Wildman–Crippen MR) is 142 cm³/mol. The molecule has 1 heterocycles. The number of methoxy groups -OCH3 is 3. The van der Waals surface area contributed by atoms with Gasteiger partial charge >= 0.3 is 0 Å². The Morgan fingerprint density at radius 2 is 1.69 bits per heavy atom. The lowest BCUT2D eigenvalue weighted by atomic mass is 9.95. The quantitative estimate of drug-likeness (QED) is 0.281. The fraction of sp³-hybridized carbons (Fsp3) is 0.179. The van der Waals surface area contributed by atoms with E-state index in [2.05, 4.69) is 15.9 Å². The SMILES string of the molecule is COc1ccc(-c2c(OC)c(OC)cc3c(N(C)C(=O)c4c(Br)ccc5c4OCO5)cccc23)cc1. The monoisotopic (exact) mass is 549 g/mol. The zero-order chi connectivity index (χ0) is 25.4. The lowest BCUT2D eigenvalue weighted by Crippen LogP contribution is -2.27. The molecule has 184 valence electrons. The molecular weight excluding hydrogens is 526 g/mol. The first kappa shape index (κ1) is 23.8. The number of halogens is 1. The molecule has 0 bridgehead atoms. The molecule has 1 aliphatic heterocycles. The number of ether oxygens (including phenoxy) is 5. The van der Waals surface area contributed by atoms with Gasteiger partial charge in [0.05, 0.1) is 27.0 Å². The van der Waals surface area contributed by atoms with Crippen LogP contribution in [0.25, 0.3) is 21.9 Å². The van der Waals surface area contributed by atoms with E-state index in [9.17, 15) is 4.79 Å². The third kappa shape index (κ3) is 3.87. The molecule has 1 amide bonds. The van der Waals surface area contributed by atoms with Crippen LogP contribution in [0.15, 0.2) is 65.1 Å². The van der Waals surface area contributed by atoms with Crippen molar-refractivity contribution in [3.63, 3.8) is 0 Å². The average molecular weight is 550 g/mol. The molecule has 0 N–H and O–H groups in total. The Morgan fingerprint density at radius 1 is 0.917 bits per heavy atom. The van der Waals surface area contributed by atoms with E-state index in [1.807, 2.05) is 48.5 Å². The summed E-state index contributed by atoms with van der Waals surface area (Å²) in [4.78, 5) is 15.4. The van der Waals surface area contributed by atoms with Gasteiger partial charge in [-0.15, -0.1) is 0 Å². The smallest absolute Gasteiger partial charge is 0.263 e. The normalized spacial score (nSPS) is 11.9. The van der Waals surface area contributed by atoms with E-state index in [1.54, 1.807) is 45.4 Å². The molecule has 0 fully saturated rings. The minimum absolute atomic E-state index is 0.0757. The summed E-state index contributed by atoms with van der Waals surface area (Å²) >= 11 is 3.51. The second-order valence-corrected chi connectivity index (χ2v) is 8.96. The molecular formula is C28H24BrNO6. The second kappa shape index (κ2) is 9.62. The van der Waals surface area contributed by atoms with E-state index in [1.165, 1.54) is 0 Å². The first-order valence-corrected chi connectivity index (χ1v) is 12.0. The van der Waals surface area contributed by atoms with Crippen molar-refractivity contribution >= 4 is 38.3 Å². The lowest BCUT2D eigenvalue weighted by molar-refractivity contribution is 0.0987. The van der Waals surface area contributed by atoms with Gasteiger partial charge in [0, 0.05) is 22.5 Å². The Bertz CT molecular complexity index is 1470. The topological polar surface area (TPSA) is 66.5 Å². The van der Waals surface area contributed by atoms with Gasteiger partial charge in [-0.1, -0.05) is 24.3 Å². The Morgan fingerprint density at radius 3 is 2.39 bits per heavy atom. The van der Waals surface area contributed by atoms with E-state index in [0.29, 0.717) is 38.7 Å². The second-order valence-electron chi connectivity index (χ2n) is 8.11. The first-order chi connectivity index (χ1) is 17.5. The van der Waals surface area contributed by atoms with E-state index in [0.717, 1.165) is 27.6 Å². The lowest BCUT2D eigenvalue weighted by Gasteiger charge is -2.23. The number of hydrogen-bond acceptors (Lipinski definition) is 6. The predicted octanol–water partition coefficient (Wildman–Crippen LogP) is 6.30. The Kier molecular flexibility index (Phi) is 6.36. The van der Waals surface area contributed by atoms with Crippen LogP contribution in [-0.4, -0.2) is 41.1 Å². The van der Waals surface area contributed by atoms with Crippen molar-refractivity contribution in [2.24, 2.45) is 0 Å². The van der Waals surface area contributed by atoms with Crippen LogP contribution in [0.3, 0.4) is 0 Å². The molecule has 36 heavy (non-hydrogen) atoms. The average Bonchev–Trinajstić information content (AvgIpc) is 3.39. The van der Waals surface area contributed by atoms with Crippen molar-refractivity contribution in [1.82, 2.24) is 0 Å². The van der Waals surface area contributed by atoms with Crippen LogP contribution in [0.1, 0.15) is 10.4 Å². The Labute approximate surface area is 217 Å². The fourth-order valence-electron chi connectivity index (χ4n) is 4.48. The molecule has 7 nitrogen and oxygen atoms in total. The molecule has 0 unspecified atom stereocenters. The molecule has 4 aromatic carbocycles. The number of nitrogens with zero attached hydrogens (tertiary/aromatic N) is 1. The van der Waals surface area contributed by atoms with Crippen molar-refractivity contribution in [2.75, 3.05) is 40.1 Å². The van der Waals surface area contributed by atoms with Crippen molar-refractivity contribution in [1.29, 1.82) is 0 Å². The molecule has 8 heteroatoms. The van der Waals surface area contributed by atoms with Gasteiger partial charge in [0.25, 0.3) is 5.91 Å². The summed E-state index contributed by atoms with van der Waals surface area (Å²) in [6.07, 6.45) is 0. The maximum atomic E-state index is 13.8. The third-order valence-corrected chi connectivity index (χ3v) is 6.91. The first-order valence-electron chi connectivity index (χ1n) is 11.2. The highest BCUT2D eigenvalue weighted by Crippen LogP contribution is 2.47. The van der Waals surface area contributed by atoms with E-state index >= 15 is 0 Å². The van der Waals surface area contributed by atoms with Crippen molar-refractivity contribution in [2.45, 2.75) is 0 Å². The summed E-state index contributed by atoms with van der Waals surface area (Å²) in [7, 11) is 6.59. The molecule has 5 rings (SSSR count). The molecule has 0 spiro atoms. The summed E-state index contributed by atoms with van der Waals surface area (Å²) in [6, 6.07) is 19.0. The van der Waals surface area contributed by atoms with Gasteiger partial charge in [-0.25, -0.2) is 0 Å². The molecule has 1 aliphatic rings. The number of hydrogen-bond donors (Lipinski definition) is 0. The summed E-state index contributed by atoms with van der Waals surface area (Å²) in [5.74, 6) is 2.65. The van der Waals surface area contributed by atoms with Crippen molar-refractivity contribution < 1.29 is 28.5 Å². The van der Waals surface area contributed by atoms with Crippen molar-refractivity contribution in [3.8, 4) is 39.9 Å². The van der Waals surface area contributed by atoms with E-state index in [-0.39, 0.29) is 12.7 Å². The molecule has 0 aliphatic carbocycles. The minimum Gasteiger partial charge on any atom is -0.497 e. The highest BCUT2D eigenvalue weighted by atomic mass is 79.9. The highest BCUT2D eigenvalue weighted by Gasteiger charge is 2.29. The van der Waals surface area contributed by atoms with Crippen LogP contribution in [-0.2, 0) is 0 Å². The van der Waals surface area contributed by atoms with Gasteiger partial charge in [0.15, 0.2) is 23.0 Å². The number of amides is 1. The Hall–Kier alpha value is -3.91. The van der Waals surface area contributed by atoms with Crippen LogP contribution in [0.5, 0.6) is 28.7 Å². The zero-order valence-corrected chi connectivity index (χ0v) is 21.8. The summed E-state index contributed by atoms with van der Waals surface area (Å²) < 4.78 is 28.6. The Balaban J connectivity index is 1.70. The maximum absolute atomic E-state index is 13.8. The van der Waals surface area contributed by atoms with E-state index in [4.69, 9.17) is 23.7 Å². The van der Waals surface area contributed by atoms with Crippen LogP contribution < -0.4 is 28.6 Å². The number of carbonyl (C=O) groups excluding carboxylic acids is 1. The van der Waals surface area contributed by atoms with Gasteiger partial charge in [0.1, 0.15) is 11.3 Å². The number of rotatable bonds is 6. The highest BCUT2D eigenvalue weighted by molar-refractivity contribution is 9.10. The van der Waals surface area contributed by atoms with Gasteiger partial charge < -0.3 is 28.6 Å². The zero-order valence-electron chi connectivity index (χ0n) is 20.3. The number of fused-ring (bicyclic) bond motifs is 2. The number of carbonyl (C=O) groups is 1. The maximum Gasteiger partial charge on any atom is 0.263 e. The molecule has 0 aromatic heterocycles. The van der Waals surface area contributed by atoms with Gasteiger partial charge in [-0.05, 0) is 63.3 Å². The van der Waals surface area contributed by atoms with Crippen LogP contribution in [0.4, 0.5) is 5.69 Å². The molecule has 4 aromatic rings. The van der Waals surface area contributed by atoms with Gasteiger partial charge in [-0.2, -0.15) is 0 Å². The van der Waals surface area contributed by atoms with Crippen LogP contribution in [0, 0.1) is 0 Å². The molecule has 0 radical (unpaired) electrons. The molecule has 0 saturated heterocycles. The summed E-state index contributed by atoms with van der Waals surface area (Å²) in [6.45, 7) is 0.0757. The summed E-state index contributed by atoms with van der Waals surface area (Å²) in [5, 5.41) is 1.74. The van der Waals surface area contributed by atoms with Gasteiger partial charge in [-0.3, -0.25) is 4.79 Å². The molecule has 0 atom stereocenters. The van der Waals surface area contributed by atoms with E-state index < -0.39 is 0 Å². The third-order valence-electron chi connectivity index (χ3n) is 6.25. The standard InChI is InChI=1S/C28H24BrNO6/c1-30(28(31)25-20(29)12-13-22-27(25)36-15-35-22)21-7-5-6-18-19(21)14-23(33-3)26(34-4)24(18)16-8-10-17(32-2)11-9-16/h5-14H,15H2,1-4H3. The van der Waals surface area contributed by atoms with Gasteiger partial charge in [0.2, 0.25) is 6.79 Å².